The first kappa shape index (κ1) is 12.3. The summed E-state index contributed by atoms with van der Waals surface area (Å²) in [7, 11) is 0. The van der Waals surface area contributed by atoms with Gasteiger partial charge in [0.15, 0.2) is 0 Å². The molecule has 0 unspecified atom stereocenters. The van der Waals surface area contributed by atoms with Crippen molar-refractivity contribution in [1.29, 1.82) is 0 Å². The molecule has 1 N–H and O–H groups in total. The fourth-order valence-electron chi connectivity index (χ4n) is 1.88. The van der Waals surface area contributed by atoms with Crippen molar-refractivity contribution in [3.05, 3.63) is 39.4 Å². The number of thiazole rings is 1. The lowest BCUT2D eigenvalue weighted by atomic mass is 10.0. The van der Waals surface area contributed by atoms with E-state index < -0.39 is 0 Å². The van der Waals surface area contributed by atoms with Crippen molar-refractivity contribution in [2.75, 3.05) is 0 Å². The van der Waals surface area contributed by atoms with Gasteiger partial charge in [0.25, 0.3) is 0 Å². The second-order valence-electron chi connectivity index (χ2n) is 4.44. The molecule has 0 bridgehead atoms. The lowest BCUT2D eigenvalue weighted by molar-refractivity contribution is 0.284. The van der Waals surface area contributed by atoms with Gasteiger partial charge in [-0.05, 0) is 50.5 Å². The number of hydrogen-bond acceptors (Lipinski definition) is 3. The fraction of sp³-hybridized carbons (Fsp3) is 0.357. The van der Waals surface area contributed by atoms with E-state index in [4.69, 9.17) is 0 Å². The molecule has 90 valence electrons. The summed E-state index contributed by atoms with van der Waals surface area (Å²) in [5.74, 6) is 0. The molecule has 17 heavy (non-hydrogen) atoms. The average Bonchev–Trinajstić information content (AvgIpc) is 2.65. The number of hydrogen-bond donors (Lipinski definition) is 1. The number of aliphatic hydroxyl groups is 1. The molecule has 0 saturated heterocycles. The third kappa shape index (κ3) is 2.26. The average molecular weight is 247 g/mol. The standard InChI is InChI=1S/C14H17NOS/c1-8-5-10(3)12(6-9(8)2)14-15-11(4)13(7-16)17-14/h5-6,16H,7H2,1-4H3. The van der Waals surface area contributed by atoms with Gasteiger partial charge < -0.3 is 5.11 Å². The third-order valence-electron chi connectivity index (χ3n) is 3.11. The normalized spacial score (nSPS) is 10.9. The van der Waals surface area contributed by atoms with E-state index in [1.165, 1.54) is 22.3 Å². The van der Waals surface area contributed by atoms with Crippen LogP contribution in [-0.2, 0) is 6.61 Å². The largest absolute Gasteiger partial charge is 0.391 e. The van der Waals surface area contributed by atoms with Crippen LogP contribution in [-0.4, -0.2) is 10.1 Å². The molecule has 0 aliphatic heterocycles. The van der Waals surface area contributed by atoms with E-state index in [1.807, 2.05) is 6.92 Å². The van der Waals surface area contributed by atoms with Crippen LogP contribution >= 0.6 is 11.3 Å². The van der Waals surface area contributed by atoms with Crippen LogP contribution < -0.4 is 0 Å². The van der Waals surface area contributed by atoms with Gasteiger partial charge in [0.2, 0.25) is 0 Å². The number of aryl methyl sites for hydroxylation is 4. The predicted molar refractivity (Wildman–Crippen MR) is 72.4 cm³/mol. The smallest absolute Gasteiger partial charge is 0.124 e. The SMILES string of the molecule is Cc1cc(C)c(-c2nc(C)c(CO)s2)cc1C. The van der Waals surface area contributed by atoms with Crippen LogP contribution in [0.15, 0.2) is 12.1 Å². The molecule has 0 atom stereocenters. The van der Waals surface area contributed by atoms with Gasteiger partial charge in [-0.2, -0.15) is 0 Å². The van der Waals surface area contributed by atoms with E-state index in [0.29, 0.717) is 0 Å². The lowest BCUT2D eigenvalue weighted by Crippen LogP contribution is -1.88. The Labute approximate surface area is 106 Å². The molecule has 1 heterocycles. The molecule has 0 aliphatic carbocycles. The maximum atomic E-state index is 9.22. The molecule has 0 aliphatic rings. The highest BCUT2D eigenvalue weighted by atomic mass is 32.1. The molecule has 3 heteroatoms. The number of nitrogens with zero attached hydrogens (tertiary/aromatic N) is 1. The Balaban J connectivity index is 2.56. The molecule has 2 rings (SSSR count). The zero-order chi connectivity index (χ0) is 12.6. The van der Waals surface area contributed by atoms with Gasteiger partial charge in [0.05, 0.1) is 17.2 Å². The van der Waals surface area contributed by atoms with Gasteiger partial charge in [0.1, 0.15) is 5.01 Å². The molecule has 2 aromatic rings. The number of aromatic nitrogens is 1. The third-order valence-corrected chi connectivity index (χ3v) is 4.28. The maximum Gasteiger partial charge on any atom is 0.124 e. The second kappa shape index (κ2) is 4.59. The van der Waals surface area contributed by atoms with E-state index in [9.17, 15) is 5.11 Å². The Hall–Kier alpha value is -1.19. The predicted octanol–water partition coefficient (Wildman–Crippen LogP) is 3.54. The van der Waals surface area contributed by atoms with Crippen LogP contribution in [0.3, 0.4) is 0 Å². The Kier molecular flexibility index (Phi) is 3.31. The molecule has 1 aromatic carbocycles. The molecule has 0 amide bonds. The Bertz CT molecular complexity index is 558. The minimum atomic E-state index is 0.0768. The maximum absolute atomic E-state index is 9.22. The van der Waals surface area contributed by atoms with Crippen molar-refractivity contribution < 1.29 is 5.11 Å². The van der Waals surface area contributed by atoms with Gasteiger partial charge in [0, 0.05) is 5.56 Å². The summed E-state index contributed by atoms with van der Waals surface area (Å²) in [4.78, 5) is 5.50. The van der Waals surface area contributed by atoms with Crippen LogP contribution in [0.4, 0.5) is 0 Å². The number of rotatable bonds is 2. The summed E-state index contributed by atoms with van der Waals surface area (Å²) in [6, 6.07) is 4.38. The number of benzene rings is 1. The Morgan fingerprint density at radius 2 is 1.71 bits per heavy atom. The quantitative estimate of drug-likeness (QED) is 0.880. The van der Waals surface area contributed by atoms with Crippen molar-refractivity contribution in [3.8, 4) is 10.6 Å². The first-order chi connectivity index (χ1) is 8.02. The zero-order valence-electron chi connectivity index (χ0n) is 10.7. The van der Waals surface area contributed by atoms with E-state index >= 15 is 0 Å². The second-order valence-corrected chi connectivity index (χ2v) is 5.52. The van der Waals surface area contributed by atoms with E-state index in [2.05, 4.69) is 37.9 Å². The van der Waals surface area contributed by atoms with Gasteiger partial charge in [-0.25, -0.2) is 4.98 Å². The Morgan fingerprint density at radius 3 is 2.29 bits per heavy atom. The molecule has 2 nitrogen and oxygen atoms in total. The fourth-order valence-corrected chi connectivity index (χ4v) is 2.88. The number of aliphatic hydroxyl groups excluding tert-OH is 1. The minimum absolute atomic E-state index is 0.0768. The highest BCUT2D eigenvalue weighted by Gasteiger charge is 2.11. The van der Waals surface area contributed by atoms with E-state index in [0.717, 1.165) is 15.6 Å². The van der Waals surface area contributed by atoms with E-state index in [-0.39, 0.29) is 6.61 Å². The topological polar surface area (TPSA) is 33.1 Å². The van der Waals surface area contributed by atoms with Gasteiger partial charge in [-0.1, -0.05) is 6.07 Å². The molecule has 0 spiro atoms. The van der Waals surface area contributed by atoms with Gasteiger partial charge >= 0.3 is 0 Å². The summed E-state index contributed by atoms with van der Waals surface area (Å²) in [6.45, 7) is 8.37. The summed E-state index contributed by atoms with van der Waals surface area (Å²) < 4.78 is 0. The highest BCUT2D eigenvalue weighted by molar-refractivity contribution is 7.15. The van der Waals surface area contributed by atoms with Crippen LogP contribution in [0.2, 0.25) is 0 Å². The first-order valence-corrected chi connectivity index (χ1v) is 6.50. The van der Waals surface area contributed by atoms with Gasteiger partial charge in [-0.3, -0.25) is 0 Å². The lowest BCUT2D eigenvalue weighted by Gasteiger charge is -2.07. The van der Waals surface area contributed by atoms with Crippen molar-refractivity contribution >= 4 is 11.3 Å². The summed E-state index contributed by atoms with van der Waals surface area (Å²) in [5.41, 5.74) is 5.95. The minimum Gasteiger partial charge on any atom is -0.391 e. The van der Waals surface area contributed by atoms with Crippen molar-refractivity contribution in [2.24, 2.45) is 0 Å². The molecule has 0 saturated carbocycles. The summed E-state index contributed by atoms with van der Waals surface area (Å²) >= 11 is 1.58. The molecule has 0 fully saturated rings. The van der Waals surface area contributed by atoms with Crippen molar-refractivity contribution in [2.45, 2.75) is 34.3 Å². The van der Waals surface area contributed by atoms with Crippen molar-refractivity contribution in [3.63, 3.8) is 0 Å². The van der Waals surface area contributed by atoms with Crippen LogP contribution in [0, 0.1) is 27.7 Å². The molecular weight excluding hydrogens is 230 g/mol. The van der Waals surface area contributed by atoms with E-state index in [1.54, 1.807) is 11.3 Å². The summed E-state index contributed by atoms with van der Waals surface area (Å²) in [5, 5.41) is 10.2. The molecule has 1 aromatic heterocycles. The monoisotopic (exact) mass is 247 g/mol. The van der Waals surface area contributed by atoms with Crippen LogP contribution in [0.5, 0.6) is 0 Å². The molecule has 0 radical (unpaired) electrons. The Morgan fingerprint density at radius 1 is 1.06 bits per heavy atom. The van der Waals surface area contributed by atoms with Crippen LogP contribution in [0.1, 0.15) is 27.3 Å². The summed E-state index contributed by atoms with van der Waals surface area (Å²) in [6.07, 6.45) is 0. The van der Waals surface area contributed by atoms with Gasteiger partial charge in [-0.15, -0.1) is 11.3 Å². The first-order valence-electron chi connectivity index (χ1n) is 5.68. The van der Waals surface area contributed by atoms with Crippen LogP contribution in [0.25, 0.3) is 10.6 Å². The highest BCUT2D eigenvalue weighted by Crippen LogP contribution is 2.31. The van der Waals surface area contributed by atoms with Crippen molar-refractivity contribution in [1.82, 2.24) is 4.98 Å². The molecular formula is C14H17NOS. The zero-order valence-corrected chi connectivity index (χ0v) is 11.5.